The number of fused-ring (bicyclic) bond motifs is 5. The molecule has 0 aromatic heterocycles. The van der Waals surface area contributed by atoms with E-state index in [0.717, 1.165) is 48.9 Å². The summed E-state index contributed by atoms with van der Waals surface area (Å²) >= 11 is 0. The average molecular weight is 449 g/mol. The fourth-order valence-electron chi connectivity index (χ4n) is 9.01. The molecule has 188 valence electrons. The third kappa shape index (κ3) is 4.71. The van der Waals surface area contributed by atoms with Crippen molar-refractivity contribution in [1.82, 2.24) is 0 Å². The van der Waals surface area contributed by atoms with Crippen molar-refractivity contribution in [3.63, 3.8) is 0 Å². The fourth-order valence-corrected chi connectivity index (χ4v) is 9.01. The molecule has 2 heteroatoms. The quantitative estimate of drug-likeness (QED) is 0.447. The molecule has 0 amide bonds. The molecule has 32 heavy (non-hydrogen) atoms. The number of aliphatic hydroxyl groups is 2. The highest BCUT2D eigenvalue weighted by molar-refractivity contribution is 5.10. The Morgan fingerprint density at radius 2 is 1.53 bits per heavy atom. The first-order chi connectivity index (χ1) is 14.9. The van der Waals surface area contributed by atoms with Crippen LogP contribution < -0.4 is 0 Å². The van der Waals surface area contributed by atoms with E-state index in [4.69, 9.17) is 0 Å². The molecule has 2 nitrogen and oxygen atoms in total. The van der Waals surface area contributed by atoms with Crippen LogP contribution in [0.15, 0.2) is 0 Å². The zero-order chi connectivity index (χ0) is 23.9. The van der Waals surface area contributed by atoms with Gasteiger partial charge in [0.2, 0.25) is 0 Å². The Balaban J connectivity index is 0.00000141. The summed E-state index contributed by atoms with van der Waals surface area (Å²) in [4.78, 5) is 0. The predicted octanol–water partition coefficient (Wildman–Crippen LogP) is 8.00. The van der Waals surface area contributed by atoms with E-state index in [2.05, 4.69) is 34.6 Å². The van der Waals surface area contributed by atoms with Crippen molar-refractivity contribution in [3.8, 4) is 0 Å². The second kappa shape index (κ2) is 9.52. The van der Waals surface area contributed by atoms with Gasteiger partial charge < -0.3 is 10.2 Å². The Bertz CT molecular complexity index is 622. The normalized spacial score (nSPS) is 47.5. The molecule has 4 aliphatic carbocycles. The second-order valence-corrected chi connectivity index (χ2v) is 13.6. The average Bonchev–Trinajstić information content (AvgIpc) is 3.06. The minimum absolute atomic E-state index is 0.340. The molecule has 0 bridgehead atoms. The van der Waals surface area contributed by atoms with Crippen molar-refractivity contribution in [2.45, 2.75) is 144 Å². The van der Waals surface area contributed by atoms with Crippen LogP contribution in [0.3, 0.4) is 0 Å². The van der Waals surface area contributed by atoms with E-state index < -0.39 is 11.2 Å². The van der Waals surface area contributed by atoms with Crippen LogP contribution in [0.5, 0.6) is 0 Å². The van der Waals surface area contributed by atoms with Crippen molar-refractivity contribution in [1.29, 1.82) is 0 Å². The number of hydrogen-bond acceptors (Lipinski definition) is 2. The third-order valence-corrected chi connectivity index (χ3v) is 11.6. The highest BCUT2D eigenvalue weighted by Gasteiger charge is 2.60. The van der Waals surface area contributed by atoms with E-state index in [1.807, 2.05) is 20.8 Å². The first-order valence-corrected chi connectivity index (χ1v) is 14.3. The van der Waals surface area contributed by atoms with Gasteiger partial charge in [0.1, 0.15) is 0 Å². The molecule has 0 radical (unpaired) electrons. The van der Waals surface area contributed by atoms with Crippen LogP contribution in [-0.2, 0) is 0 Å². The van der Waals surface area contributed by atoms with Crippen molar-refractivity contribution >= 4 is 0 Å². The summed E-state index contributed by atoms with van der Waals surface area (Å²) < 4.78 is 0. The molecular weight excluding hydrogens is 392 g/mol. The summed E-state index contributed by atoms with van der Waals surface area (Å²) in [6, 6.07) is 0. The maximum absolute atomic E-state index is 10.7. The zero-order valence-corrected chi connectivity index (χ0v) is 22.8. The maximum atomic E-state index is 10.7. The Morgan fingerprint density at radius 3 is 2.19 bits per heavy atom. The van der Waals surface area contributed by atoms with Gasteiger partial charge in [-0.25, -0.2) is 0 Å². The number of rotatable bonds is 5. The molecule has 0 aromatic carbocycles. The summed E-state index contributed by atoms with van der Waals surface area (Å²) in [6.07, 6.45) is 15.2. The molecular formula is C30H56O2. The van der Waals surface area contributed by atoms with E-state index in [1.54, 1.807) is 0 Å². The topological polar surface area (TPSA) is 40.5 Å². The van der Waals surface area contributed by atoms with Crippen LogP contribution in [0.4, 0.5) is 0 Å². The maximum Gasteiger partial charge on any atom is 0.0642 e. The van der Waals surface area contributed by atoms with Crippen molar-refractivity contribution in [3.05, 3.63) is 0 Å². The van der Waals surface area contributed by atoms with E-state index in [-0.39, 0.29) is 0 Å². The summed E-state index contributed by atoms with van der Waals surface area (Å²) in [6.45, 7) is 17.7. The van der Waals surface area contributed by atoms with Gasteiger partial charge in [-0.2, -0.15) is 0 Å². The third-order valence-electron chi connectivity index (χ3n) is 11.6. The highest BCUT2D eigenvalue weighted by Crippen LogP contribution is 2.68. The van der Waals surface area contributed by atoms with Gasteiger partial charge in [-0.3, -0.25) is 0 Å². The van der Waals surface area contributed by atoms with Crippen LogP contribution in [-0.4, -0.2) is 21.4 Å². The molecule has 0 aliphatic heterocycles. The largest absolute Gasteiger partial charge is 0.390 e. The molecule has 9 atom stereocenters. The van der Waals surface area contributed by atoms with Gasteiger partial charge in [-0.1, -0.05) is 48.0 Å². The SMILES string of the molecule is CC.CC(C)C(C)(O)CCCC1CCC2C3CCC4C[C@@](C)(O)CCC4(C)C3CCC12C. The second-order valence-electron chi connectivity index (χ2n) is 13.6. The van der Waals surface area contributed by atoms with E-state index >= 15 is 0 Å². The van der Waals surface area contributed by atoms with E-state index in [1.165, 1.54) is 57.8 Å². The molecule has 4 rings (SSSR count). The lowest BCUT2D eigenvalue weighted by atomic mass is 9.44. The van der Waals surface area contributed by atoms with Crippen molar-refractivity contribution in [2.75, 3.05) is 0 Å². The van der Waals surface area contributed by atoms with Crippen LogP contribution in [0, 0.1) is 46.3 Å². The van der Waals surface area contributed by atoms with Gasteiger partial charge in [0.15, 0.2) is 0 Å². The molecule has 0 saturated heterocycles. The fraction of sp³-hybridized carbons (Fsp3) is 1.00. The van der Waals surface area contributed by atoms with Crippen molar-refractivity contribution in [2.24, 2.45) is 46.3 Å². The van der Waals surface area contributed by atoms with Gasteiger partial charge in [-0.15, -0.1) is 0 Å². The smallest absolute Gasteiger partial charge is 0.0642 e. The van der Waals surface area contributed by atoms with Crippen LogP contribution in [0.25, 0.3) is 0 Å². The lowest BCUT2D eigenvalue weighted by Crippen LogP contribution is -2.55. The summed E-state index contributed by atoms with van der Waals surface area (Å²) in [5, 5.41) is 21.4. The predicted molar refractivity (Wildman–Crippen MR) is 137 cm³/mol. The molecule has 0 spiro atoms. The summed E-state index contributed by atoms with van der Waals surface area (Å²) in [5.41, 5.74) is 0.0797. The Labute approximate surface area is 200 Å². The van der Waals surface area contributed by atoms with Gasteiger partial charge in [-0.05, 0) is 131 Å². The molecule has 0 aromatic rings. The van der Waals surface area contributed by atoms with Crippen molar-refractivity contribution < 1.29 is 10.2 Å². The van der Waals surface area contributed by atoms with Gasteiger partial charge in [0, 0.05) is 0 Å². The van der Waals surface area contributed by atoms with Gasteiger partial charge in [0.05, 0.1) is 11.2 Å². The number of hydrogen-bond donors (Lipinski definition) is 2. The van der Waals surface area contributed by atoms with Crippen LogP contribution >= 0.6 is 0 Å². The molecule has 8 unspecified atom stereocenters. The van der Waals surface area contributed by atoms with Crippen LogP contribution in [0.2, 0.25) is 0 Å². The lowest BCUT2D eigenvalue weighted by Gasteiger charge is -2.62. The zero-order valence-electron chi connectivity index (χ0n) is 22.8. The molecule has 4 aliphatic rings. The highest BCUT2D eigenvalue weighted by atomic mass is 16.3. The standard InChI is InChI=1S/C28H50O2.C2H6/c1-19(2)28(6,30)14-7-8-20-10-12-23-22-11-9-21-18-25(3,29)16-17-27(21,5)24(22)13-15-26(20,23)4;1-2/h19-24,29-30H,7-18H2,1-6H3;1-2H3/t20?,21?,22?,23?,24?,25-,26?,27?,28?;/m0./s1. The van der Waals surface area contributed by atoms with E-state index in [0.29, 0.717) is 16.7 Å². The van der Waals surface area contributed by atoms with Crippen LogP contribution in [0.1, 0.15) is 132 Å². The lowest BCUT2D eigenvalue weighted by molar-refractivity contribution is -0.146. The summed E-state index contributed by atoms with van der Waals surface area (Å²) in [5.74, 6) is 4.69. The Morgan fingerprint density at radius 1 is 0.875 bits per heavy atom. The van der Waals surface area contributed by atoms with E-state index in [9.17, 15) is 10.2 Å². The first kappa shape index (κ1) is 26.5. The summed E-state index contributed by atoms with van der Waals surface area (Å²) in [7, 11) is 0. The molecule has 0 heterocycles. The Hall–Kier alpha value is -0.0800. The molecule has 2 N–H and O–H groups in total. The van der Waals surface area contributed by atoms with Gasteiger partial charge >= 0.3 is 0 Å². The molecule has 4 fully saturated rings. The van der Waals surface area contributed by atoms with Gasteiger partial charge in [0.25, 0.3) is 0 Å². The molecule has 4 saturated carbocycles. The first-order valence-electron chi connectivity index (χ1n) is 14.3. The minimum atomic E-state index is -0.508. The monoisotopic (exact) mass is 448 g/mol. The minimum Gasteiger partial charge on any atom is -0.390 e. The Kier molecular flexibility index (Phi) is 7.89.